The molecule has 1 aromatic heterocycles. The number of hydrogen-bond acceptors (Lipinski definition) is 4. The third kappa shape index (κ3) is 1.84. The smallest absolute Gasteiger partial charge is 0.146 e. The molecule has 0 aliphatic carbocycles. The van der Waals surface area contributed by atoms with Crippen molar-refractivity contribution in [2.45, 2.75) is 12.5 Å². The lowest BCUT2D eigenvalue weighted by molar-refractivity contribution is 0.0769. The molecule has 4 nitrogen and oxygen atoms in total. The van der Waals surface area contributed by atoms with E-state index < -0.39 is 0 Å². The van der Waals surface area contributed by atoms with Gasteiger partial charge >= 0.3 is 0 Å². The summed E-state index contributed by atoms with van der Waals surface area (Å²) in [6, 6.07) is 5.91. The van der Waals surface area contributed by atoms with Gasteiger partial charge in [-0.1, -0.05) is 6.07 Å². The summed E-state index contributed by atoms with van der Waals surface area (Å²) in [5.74, 6) is 1.00. The molecule has 0 bridgehead atoms. The summed E-state index contributed by atoms with van der Waals surface area (Å²) in [5, 5.41) is 3.45. The van der Waals surface area contributed by atoms with Crippen LogP contribution in [0.15, 0.2) is 29.6 Å². The Hall–Kier alpha value is -1.58. The van der Waals surface area contributed by atoms with Crippen LogP contribution in [0.3, 0.4) is 0 Å². The molecular weight excluding hydrogens is 178 g/mol. The van der Waals surface area contributed by atoms with Gasteiger partial charge in [-0.15, -0.1) is 5.16 Å². The maximum atomic E-state index is 5.10. The summed E-state index contributed by atoms with van der Waals surface area (Å²) < 4.78 is 0. The van der Waals surface area contributed by atoms with Crippen LogP contribution in [0.4, 0.5) is 5.82 Å². The number of pyridine rings is 1. The number of oxime groups is 1. The first-order valence-corrected chi connectivity index (χ1v) is 4.68. The van der Waals surface area contributed by atoms with Crippen LogP contribution in [0.25, 0.3) is 0 Å². The highest BCUT2D eigenvalue weighted by Gasteiger charge is 2.24. The molecule has 2 heterocycles. The molecule has 1 aromatic rings. The van der Waals surface area contributed by atoms with Crippen molar-refractivity contribution in [1.29, 1.82) is 0 Å². The molecule has 1 aliphatic rings. The van der Waals surface area contributed by atoms with E-state index in [0.29, 0.717) is 0 Å². The zero-order valence-electron chi connectivity index (χ0n) is 7.97. The second kappa shape index (κ2) is 4.09. The lowest BCUT2D eigenvalue weighted by Gasteiger charge is -2.15. The van der Waals surface area contributed by atoms with Crippen LogP contribution in [-0.2, 0) is 4.84 Å². The van der Waals surface area contributed by atoms with E-state index in [2.05, 4.69) is 21.8 Å². The van der Waals surface area contributed by atoms with Gasteiger partial charge in [0.2, 0.25) is 0 Å². The van der Waals surface area contributed by atoms with Gasteiger partial charge in [0, 0.05) is 25.9 Å². The normalized spacial score (nSPS) is 20.9. The average molecular weight is 191 g/mol. The quantitative estimate of drug-likeness (QED) is 0.533. The van der Waals surface area contributed by atoms with Gasteiger partial charge in [-0.05, 0) is 12.1 Å². The van der Waals surface area contributed by atoms with Gasteiger partial charge in [0.05, 0.1) is 6.54 Å². The first kappa shape index (κ1) is 8.99. The van der Waals surface area contributed by atoms with E-state index in [1.807, 2.05) is 18.2 Å². The Labute approximate surface area is 83.2 Å². The lowest BCUT2D eigenvalue weighted by atomic mass is 10.3. The highest BCUT2D eigenvalue weighted by atomic mass is 16.6. The van der Waals surface area contributed by atoms with Crippen LogP contribution in [0.1, 0.15) is 6.42 Å². The molecule has 0 amide bonds. The molecule has 14 heavy (non-hydrogen) atoms. The second-order valence-electron chi connectivity index (χ2n) is 3.28. The average Bonchev–Trinajstić information content (AvgIpc) is 2.68. The Morgan fingerprint density at radius 3 is 3.21 bits per heavy atom. The molecule has 1 aliphatic heterocycles. The summed E-state index contributed by atoms with van der Waals surface area (Å²) in [4.78, 5) is 11.6. The van der Waals surface area contributed by atoms with Crippen LogP contribution >= 0.6 is 0 Å². The third-order valence-electron chi connectivity index (χ3n) is 2.34. The number of nitrogens with zero attached hydrogens (tertiary/aromatic N) is 3. The molecule has 0 saturated carbocycles. The van der Waals surface area contributed by atoms with Crippen LogP contribution < -0.4 is 4.90 Å². The monoisotopic (exact) mass is 191 g/mol. The van der Waals surface area contributed by atoms with Crippen molar-refractivity contribution in [3.63, 3.8) is 0 Å². The van der Waals surface area contributed by atoms with Crippen LogP contribution in [0.5, 0.6) is 0 Å². The molecule has 1 unspecified atom stereocenters. The van der Waals surface area contributed by atoms with Gasteiger partial charge in [0.15, 0.2) is 0 Å². The van der Waals surface area contributed by atoms with Crippen molar-refractivity contribution in [2.24, 2.45) is 5.16 Å². The van der Waals surface area contributed by atoms with Crippen molar-refractivity contribution in [3.05, 3.63) is 24.4 Å². The Bertz CT molecular complexity index is 301. The molecule has 1 atom stereocenters. The van der Waals surface area contributed by atoms with E-state index in [4.69, 9.17) is 4.84 Å². The van der Waals surface area contributed by atoms with Gasteiger partial charge in [-0.25, -0.2) is 4.98 Å². The molecule has 0 aromatic carbocycles. The van der Waals surface area contributed by atoms with E-state index in [1.54, 1.807) is 6.20 Å². The zero-order valence-corrected chi connectivity index (χ0v) is 7.97. The molecule has 1 saturated heterocycles. The zero-order chi connectivity index (χ0) is 9.80. The fourth-order valence-electron chi connectivity index (χ4n) is 1.67. The maximum absolute atomic E-state index is 5.10. The van der Waals surface area contributed by atoms with Crippen molar-refractivity contribution in [1.82, 2.24) is 4.98 Å². The van der Waals surface area contributed by atoms with Gasteiger partial charge < -0.3 is 9.74 Å². The number of aromatic nitrogens is 1. The first-order chi connectivity index (χ1) is 6.90. The first-order valence-electron chi connectivity index (χ1n) is 4.68. The fraction of sp³-hybridized carbons (Fsp3) is 0.400. The molecule has 0 spiro atoms. The van der Waals surface area contributed by atoms with Crippen LogP contribution in [0, 0.1) is 0 Å². The summed E-state index contributed by atoms with van der Waals surface area (Å²) in [6.07, 6.45) is 2.94. The second-order valence-corrected chi connectivity index (χ2v) is 3.28. The SMILES string of the molecule is C=NOC1CCN(c2ccccn2)C1. The minimum absolute atomic E-state index is 0.162. The van der Waals surface area contributed by atoms with Crippen LogP contribution in [-0.4, -0.2) is 30.9 Å². The molecule has 2 rings (SSSR count). The Morgan fingerprint density at radius 1 is 1.57 bits per heavy atom. The number of anilines is 1. The Morgan fingerprint density at radius 2 is 2.50 bits per heavy atom. The summed E-state index contributed by atoms with van der Waals surface area (Å²) >= 11 is 0. The Balaban J connectivity index is 1.99. The minimum atomic E-state index is 0.162. The van der Waals surface area contributed by atoms with Crippen molar-refractivity contribution in [2.75, 3.05) is 18.0 Å². The van der Waals surface area contributed by atoms with E-state index in [-0.39, 0.29) is 6.10 Å². The van der Waals surface area contributed by atoms with Gasteiger partial charge in [0.1, 0.15) is 11.9 Å². The predicted octanol–water partition coefficient (Wildman–Crippen LogP) is 1.29. The number of hydrogen-bond donors (Lipinski definition) is 0. The maximum Gasteiger partial charge on any atom is 0.146 e. The fourth-order valence-corrected chi connectivity index (χ4v) is 1.67. The highest BCUT2D eigenvalue weighted by Crippen LogP contribution is 2.18. The summed E-state index contributed by atoms with van der Waals surface area (Å²) in [6.45, 7) is 5.13. The molecule has 0 radical (unpaired) electrons. The summed E-state index contributed by atoms with van der Waals surface area (Å²) in [7, 11) is 0. The lowest BCUT2D eigenvalue weighted by Crippen LogP contribution is -2.22. The van der Waals surface area contributed by atoms with Gasteiger partial charge in [-0.3, -0.25) is 0 Å². The summed E-state index contributed by atoms with van der Waals surface area (Å²) in [5.41, 5.74) is 0. The molecule has 1 fully saturated rings. The van der Waals surface area contributed by atoms with E-state index in [9.17, 15) is 0 Å². The van der Waals surface area contributed by atoms with Crippen LogP contribution in [0.2, 0.25) is 0 Å². The van der Waals surface area contributed by atoms with Crippen molar-refractivity contribution < 1.29 is 4.84 Å². The highest BCUT2D eigenvalue weighted by molar-refractivity contribution is 5.39. The van der Waals surface area contributed by atoms with E-state index >= 15 is 0 Å². The minimum Gasteiger partial charge on any atom is -0.391 e. The predicted molar refractivity (Wildman–Crippen MR) is 55.5 cm³/mol. The van der Waals surface area contributed by atoms with Gasteiger partial charge in [-0.2, -0.15) is 0 Å². The van der Waals surface area contributed by atoms with E-state index in [0.717, 1.165) is 25.3 Å². The van der Waals surface area contributed by atoms with Crippen molar-refractivity contribution >= 4 is 12.5 Å². The molecular formula is C10H13N3O. The third-order valence-corrected chi connectivity index (χ3v) is 2.34. The molecule has 74 valence electrons. The molecule has 4 heteroatoms. The van der Waals surface area contributed by atoms with Crippen molar-refractivity contribution in [3.8, 4) is 0 Å². The number of rotatable bonds is 3. The Kier molecular flexibility index (Phi) is 2.62. The van der Waals surface area contributed by atoms with E-state index in [1.165, 1.54) is 0 Å². The van der Waals surface area contributed by atoms with Gasteiger partial charge in [0.25, 0.3) is 0 Å². The standard InChI is InChI=1S/C10H13N3O/c1-11-14-9-5-7-13(8-9)10-4-2-3-6-12-10/h2-4,6,9H,1,5,7-8H2. The molecule has 0 N–H and O–H groups in total. The topological polar surface area (TPSA) is 37.7 Å². The largest absolute Gasteiger partial charge is 0.391 e.